The topological polar surface area (TPSA) is 92.2 Å². The number of anilines is 1. The number of nitro groups is 1. The van der Waals surface area contributed by atoms with Gasteiger partial charge in [-0.2, -0.15) is 4.99 Å². The van der Waals surface area contributed by atoms with Crippen LogP contribution in [-0.4, -0.2) is 47.1 Å². The first-order valence-corrected chi connectivity index (χ1v) is 12.3. The monoisotopic (exact) mass is 528 g/mol. The molecule has 3 aromatic rings. The third-order valence-corrected chi connectivity index (χ3v) is 7.29. The lowest BCUT2D eigenvalue weighted by molar-refractivity contribution is -0.384. The zero-order valence-corrected chi connectivity index (χ0v) is 20.5. The molecule has 178 valence electrons. The van der Waals surface area contributed by atoms with Crippen LogP contribution in [-0.2, 0) is 4.79 Å². The zero-order chi connectivity index (χ0) is 24.5. The number of halogens is 2. The molecule has 2 aromatic carbocycles. The summed E-state index contributed by atoms with van der Waals surface area (Å²) in [7, 11) is 0. The fourth-order valence-corrected chi connectivity index (χ4v) is 5.19. The summed E-state index contributed by atoms with van der Waals surface area (Å²) in [6.07, 6.45) is 1.68. The third kappa shape index (κ3) is 5.07. The molecule has 1 aromatic heterocycles. The number of carbonyl (C=O) groups is 1. The van der Waals surface area contributed by atoms with Gasteiger partial charge in [-0.25, -0.2) is 0 Å². The van der Waals surface area contributed by atoms with Crippen molar-refractivity contribution in [2.75, 3.05) is 31.1 Å². The van der Waals surface area contributed by atoms with E-state index in [0.717, 1.165) is 5.69 Å². The van der Waals surface area contributed by atoms with E-state index in [4.69, 9.17) is 27.6 Å². The van der Waals surface area contributed by atoms with Crippen LogP contribution in [0.5, 0.6) is 0 Å². The molecular formula is C24H18Cl2N4O4S. The number of hydrogen-bond acceptors (Lipinski definition) is 7. The summed E-state index contributed by atoms with van der Waals surface area (Å²) in [5, 5.41) is 12.6. The molecule has 0 N–H and O–H groups in total. The third-order valence-electron chi connectivity index (χ3n) is 5.68. The van der Waals surface area contributed by atoms with E-state index in [-0.39, 0.29) is 11.6 Å². The van der Waals surface area contributed by atoms with Gasteiger partial charge in [-0.1, -0.05) is 23.2 Å². The molecule has 5 rings (SSSR count). The van der Waals surface area contributed by atoms with Crippen LogP contribution in [0.2, 0.25) is 10.0 Å². The van der Waals surface area contributed by atoms with Gasteiger partial charge >= 0.3 is 0 Å². The number of nitrogens with zero attached hydrogens (tertiary/aromatic N) is 4. The average Bonchev–Trinajstić information content (AvgIpc) is 3.47. The molecule has 2 aliphatic heterocycles. The predicted octanol–water partition coefficient (Wildman–Crippen LogP) is 5.95. The summed E-state index contributed by atoms with van der Waals surface area (Å²) in [4.78, 5) is 31.9. The molecule has 1 amide bonds. The number of amidine groups is 1. The van der Waals surface area contributed by atoms with Crippen LogP contribution in [0.1, 0.15) is 5.76 Å². The molecule has 0 atom stereocenters. The Morgan fingerprint density at radius 3 is 2.43 bits per heavy atom. The standard InChI is InChI=1S/C24H18Cl2N4O4S/c25-15-1-7-20(26)19(13-15)21-8-6-18(34-21)14-22-23(31)27-24(35-22)29-11-9-28(10-12-29)16-2-4-17(5-3-16)30(32)33/h1-8,13-14H,9-12H2. The molecule has 2 aliphatic rings. The van der Waals surface area contributed by atoms with Gasteiger partial charge in [0, 0.05) is 60.7 Å². The number of carbonyl (C=O) groups excluding carboxylic acids is 1. The second-order valence-corrected chi connectivity index (χ2v) is 9.74. The number of thioether (sulfide) groups is 1. The van der Waals surface area contributed by atoms with Gasteiger partial charge in [0.1, 0.15) is 11.5 Å². The van der Waals surface area contributed by atoms with Gasteiger partial charge < -0.3 is 14.2 Å². The molecule has 0 saturated carbocycles. The van der Waals surface area contributed by atoms with Crippen LogP contribution in [0.4, 0.5) is 11.4 Å². The van der Waals surface area contributed by atoms with Gasteiger partial charge in [-0.15, -0.1) is 0 Å². The highest BCUT2D eigenvalue weighted by Gasteiger charge is 2.29. The summed E-state index contributed by atoms with van der Waals surface area (Å²) in [5.41, 5.74) is 1.68. The van der Waals surface area contributed by atoms with Gasteiger partial charge in [0.2, 0.25) is 0 Å². The Balaban J connectivity index is 1.22. The van der Waals surface area contributed by atoms with E-state index in [0.29, 0.717) is 63.4 Å². The summed E-state index contributed by atoms with van der Waals surface area (Å²) >= 11 is 13.7. The van der Waals surface area contributed by atoms with Crippen molar-refractivity contribution in [2.45, 2.75) is 0 Å². The van der Waals surface area contributed by atoms with Crippen LogP contribution in [0.15, 0.2) is 68.9 Å². The molecule has 0 aliphatic carbocycles. The fraction of sp³-hybridized carbons (Fsp3) is 0.167. The van der Waals surface area contributed by atoms with Gasteiger partial charge in [-0.3, -0.25) is 14.9 Å². The second kappa shape index (κ2) is 9.77. The van der Waals surface area contributed by atoms with Crippen molar-refractivity contribution in [1.29, 1.82) is 0 Å². The Morgan fingerprint density at radius 2 is 1.71 bits per heavy atom. The van der Waals surface area contributed by atoms with E-state index in [1.807, 2.05) is 0 Å². The summed E-state index contributed by atoms with van der Waals surface area (Å²) in [6.45, 7) is 2.79. The Bertz CT molecular complexity index is 1360. The minimum absolute atomic E-state index is 0.0706. The quantitative estimate of drug-likeness (QED) is 0.234. The Labute approximate surface area is 215 Å². The lowest BCUT2D eigenvalue weighted by atomic mass is 10.2. The van der Waals surface area contributed by atoms with Crippen molar-refractivity contribution in [3.8, 4) is 11.3 Å². The van der Waals surface area contributed by atoms with E-state index >= 15 is 0 Å². The molecule has 11 heteroatoms. The number of non-ortho nitro benzene ring substituents is 1. The fourth-order valence-electron chi connectivity index (χ4n) is 3.87. The minimum Gasteiger partial charge on any atom is -0.457 e. The Morgan fingerprint density at radius 1 is 1.00 bits per heavy atom. The van der Waals surface area contributed by atoms with E-state index < -0.39 is 4.92 Å². The molecule has 0 spiro atoms. The number of aliphatic imine (C=N–C) groups is 1. The SMILES string of the molecule is O=C1N=C(N2CCN(c3ccc([N+](=O)[O-])cc3)CC2)SC1=Cc1ccc(-c2cc(Cl)ccc2Cl)o1. The van der Waals surface area contributed by atoms with Crippen molar-refractivity contribution >= 4 is 63.5 Å². The zero-order valence-electron chi connectivity index (χ0n) is 18.2. The number of rotatable bonds is 4. The maximum Gasteiger partial charge on any atom is 0.286 e. The number of nitro benzene ring substituents is 1. The van der Waals surface area contributed by atoms with Crippen LogP contribution < -0.4 is 4.90 Å². The minimum atomic E-state index is -0.407. The predicted molar refractivity (Wildman–Crippen MR) is 139 cm³/mol. The van der Waals surface area contributed by atoms with Gasteiger partial charge in [0.15, 0.2) is 5.17 Å². The lowest BCUT2D eigenvalue weighted by Gasteiger charge is -2.36. The van der Waals surface area contributed by atoms with Gasteiger partial charge in [0.25, 0.3) is 11.6 Å². The van der Waals surface area contributed by atoms with Crippen molar-refractivity contribution in [3.63, 3.8) is 0 Å². The highest BCUT2D eigenvalue weighted by Crippen LogP contribution is 2.35. The highest BCUT2D eigenvalue weighted by molar-refractivity contribution is 8.18. The first-order valence-electron chi connectivity index (χ1n) is 10.7. The van der Waals surface area contributed by atoms with Crippen LogP contribution in [0.3, 0.4) is 0 Å². The molecule has 35 heavy (non-hydrogen) atoms. The van der Waals surface area contributed by atoms with Crippen LogP contribution in [0.25, 0.3) is 17.4 Å². The maximum atomic E-state index is 12.5. The van der Waals surface area contributed by atoms with E-state index in [9.17, 15) is 14.9 Å². The Hall–Kier alpha value is -3.27. The van der Waals surface area contributed by atoms with E-state index in [2.05, 4.69) is 14.8 Å². The normalized spacial score (nSPS) is 17.3. The Kier molecular flexibility index (Phi) is 6.55. The van der Waals surface area contributed by atoms with Crippen molar-refractivity contribution in [3.05, 3.63) is 85.4 Å². The van der Waals surface area contributed by atoms with Gasteiger partial charge in [0.05, 0.1) is 14.9 Å². The molecular weight excluding hydrogens is 511 g/mol. The largest absolute Gasteiger partial charge is 0.457 e. The van der Waals surface area contributed by atoms with Crippen molar-refractivity contribution in [1.82, 2.24) is 4.90 Å². The number of hydrogen-bond donors (Lipinski definition) is 0. The first-order chi connectivity index (χ1) is 16.9. The lowest BCUT2D eigenvalue weighted by Crippen LogP contribution is -2.47. The van der Waals surface area contributed by atoms with Crippen LogP contribution in [0, 0.1) is 10.1 Å². The molecule has 1 saturated heterocycles. The summed E-state index contributed by atoms with van der Waals surface area (Å²) in [6, 6.07) is 15.2. The van der Waals surface area contributed by atoms with Crippen LogP contribution >= 0.6 is 35.0 Å². The smallest absolute Gasteiger partial charge is 0.286 e. The summed E-state index contributed by atoms with van der Waals surface area (Å²) < 4.78 is 5.88. The maximum absolute atomic E-state index is 12.5. The molecule has 3 heterocycles. The molecule has 0 bridgehead atoms. The van der Waals surface area contributed by atoms with E-state index in [1.165, 1.54) is 23.9 Å². The molecule has 0 unspecified atom stereocenters. The number of furan rings is 1. The number of piperazine rings is 1. The average molecular weight is 529 g/mol. The van der Waals surface area contributed by atoms with Gasteiger partial charge in [-0.05, 0) is 54.2 Å². The van der Waals surface area contributed by atoms with Crippen molar-refractivity contribution < 1.29 is 14.1 Å². The number of benzene rings is 2. The van der Waals surface area contributed by atoms with E-state index in [1.54, 1.807) is 48.5 Å². The molecule has 8 nitrogen and oxygen atoms in total. The second-order valence-electron chi connectivity index (χ2n) is 7.88. The van der Waals surface area contributed by atoms with Crippen molar-refractivity contribution in [2.24, 2.45) is 4.99 Å². The molecule has 1 fully saturated rings. The molecule has 0 radical (unpaired) electrons. The first kappa shape index (κ1) is 23.5. The summed E-state index contributed by atoms with van der Waals surface area (Å²) in [5.74, 6) is 0.774. The number of amides is 1. The highest BCUT2D eigenvalue weighted by atomic mass is 35.5.